The number of thiazole rings is 1. The van der Waals surface area contributed by atoms with E-state index in [-0.39, 0.29) is 5.91 Å². The van der Waals surface area contributed by atoms with Crippen molar-refractivity contribution < 1.29 is 9.53 Å². The lowest BCUT2D eigenvalue weighted by Crippen LogP contribution is -2.25. The van der Waals surface area contributed by atoms with E-state index in [1.54, 1.807) is 30.3 Å². The zero-order chi connectivity index (χ0) is 15.1. The van der Waals surface area contributed by atoms with Crippen molar-refractivity contribution in [3.63, 3.8) is 0 Å². The smallest absolute Gasteiger partial charge is 0.259 e. The molecule has 0 saturated heterocycles. The van der Waals surface area contributed by atoms with Gasteiger partial charge >= 0.3 is 0 Å². The summed E-state index contributed by atoms with van der Waals surface area (Å²) in [7, 11) is 1.73. The van der Waals surface area contributed by atoms with Crippen LogP contribution in [0, 0.1) is 0 Å². The fourth-order valence-electron chi connectivity index (χ4n) is 1.90. The Bertz CT molecular complexity index is 552. The minimum atomic E-state index is -0.0671. The van der Waals surface area contributed by atoms with Gasteiger partial charge in [-0.15, -0.1) is 11.3 Å². The van der Waals surface area contributed by atoms with E-state index in [0.29, 0.717) is 10.7 Å². The Hall–Kier alpha value is -1.88. The number of carbonyl (C=O) groups is 1. The zero-order valence-electron chi connectivity index (χ0n) is 12.4. The Morgan fingerprint density at radius 3 is 2.67 bits per heavy atom. The van der Waals surface area contributed by atoms with Crippen molar-refractivity contribution in [3.05, 3.63) is 41.4 Å². The number of amides is 1. The number of nitrogens with zero attached hydrogens (tertiary/aromatic N) is 2. The molecular formula is C16H20N2O2S. The highest BCUT2D eigenvalue weighted by Crippen LogP contribution is 2.19. The summed E-state index contributed by atoms with van der Waals surface area (Å²) in [5.41, 5.74) is 0.633. The molecular weight excluding hydrogens is 284 g/mol. The fraction of sp³-hybridized carbons (Fsp3) is 0.375. The van der Waals surface area contributed by atoms with Crippen molar-refractivity contribution in [1.82, 2.24) is 4.98 Å². The van der Waals surface area contributed by atoms with Gasteiger partial charge in [0.25, 0.3) is 5.91 Å². The van der Waals surface area contributed by atoms with Gasteiger partial charge in [-0.1, -0.05) is 19.8 Å². The normalized spacial score (nSPS) is 10.4. The van der Waals surface area contributed by atoms with Gasteiger partial charge < -0.3 is 4.74 Å². The van der Waals surface area contributed by atoms with Gasteiger partial charge in [-0.2, -0.15) is 0 Å². The number of rotatable bonds is 7. The van der Waals surface area contributed by atoms with E-state index in [0.717, 1.165) is 18.8 Å². The highest BCUT2D eigenvalue weighted by atomic mass is 32.1. The minimum Gasteiger partial charge on any atom is -0.494 e. The summed E-state index contributed by atoms with van der Waals surface area (Å²) in [6, 6.07) is 7.27. The molecule has 1 aromatic carbocycles. The third-order valence-corrected chi connectivity index (χ3v) is 3.98. The van der Waals surface area contributed by atoms with Gasteiger partial charge in [-0.05, 0) is 30.7 Å². The van der Waals surface area contributed by atoms with Crippen LogP contribution in [0.15, 0.2) is 35.8 Å². The molecule has 4 nitrogen and oxygen atoms in total. The topological polar surface area (TPSA) is 42.4 Å². The van der Waals surface area contributed by atoms with E-state index in [9.17, 15) is 4.79 Å². The Balaban J connectivity index is 1.93. The highest BCUT2D eigenvalue weighted by Gasteiger charge is 2.15. The summed E-state index contributed by atoms with van der Waals surface area (Å²) in [4.78, 5) is 18.0. The van der Waals surface area contributed by atoms with Crippen LogP contribution in [0.3, 0.4) is 0 Å². The lowest BCUT2D eigenvalue weighted by molar-refractivity contribution is 0.0993. The van der Waals surface area contributed by atoms with E-state index in [4.69, 9.17) is 4.74 Å². The molecule has 2 aromatic rings. The monoisotopic (exact) mass is 304 g/mol. The summed E-state index contributed by atoms with van der Waals surface area (Å²) < 4.78 is 5.64. The number of benzene rings is 1. The highest BCUT2D eigenvalue weighted by molar-refractivity contribution is 7.13. The number of anilines is 1. The van der Waals surface area contributed by atoms with Crippen LogP contribution in [0.2, 0.25) is 0 Å². The molecule has 0 aliphatic heterocycles. The molecule has 1 amide bonds. The maximum atomic E-state index is 12.3. The van der Waals surface area contributed by atoms with Gasteiger partial charge in [-0.3, -0.25) is 9.69 Å². The van der Waals surface area contributed by atoms with Gasteiger partial charge in [0.15, 0.2) is 5.13 Å². The van der Waals surface area contributed by atoms with E-state index >= 15 is 0 Å². The molecule has 0 N–H and O–H groups in total. The van der Waals surface area contributed by atoms with Gasteiger partial charge in [0.1, 0.15) is 5.75 Å². The molecule has 0 fully saturated rings. The number of carbonyl (C=O) groups excluding carboxylic acids is 1. The van der Waals surface area contributed by atoms with E-state index < -0.39 is 0 Å². The number of unbranched alkanes of at least 4 members (excludes halogenated alkanes) is 2. The minimum absolute atomic E-state index is 0.0671. The molecule has 5 heteroatoms. The molecule has 112 valence electrons. The third-order valence-electron chi connectivity index (χ3n) is 3.13. The van der Waals surface area contributed by atoms with Crippen LogP contribution in [-0.2, 0) is 0 Å². The average molecular weight is 304 g/mol. The van der Waals surface area contributed by atoms with Crippen LogP contribution in [0.4, 0.5) is 5.13 Å². The maximum Gasteiger partial charge on any atom is 0.259 e. The number of ether oxygens (including phenoxy) is 1. The van der Waals surface area contributed by atoms with Crippen molar-refractivity contribution in [1.29, 1.82) is 0 Å². The predicted molar refractivity (Wildman–Crippen MR) is 86.3 cm³/mol. The first-order valence-corrected chi connectivity index (χ1v) is 8.00. The van der Waals surface area contributed by atoms with Crippen LogP contribution in [0.1, 0.15) is 36.5 Å². The molecule has 0 radical (unpaired) electrons. The molecule has 0 spiro atoms. The second-order valence-electron chi connectivity index (χ2n) is 4.76. The number of hydrogen-bond donors (Lipinski definition) is 0. The van der Waals surface area contributed by atoms with E-state index in [1.165, 1.54) is 24.2 Å². The Labute approximate surface area is 129 Å². The van der Waals surface area contributed by atoms with Crippen LogP contribution in [0.5, 0.6) is 5.75 Å². The molecule has 0 aliphatic rings. The van der Waals surface area contributed by atoms with Crippen molar-refractivity contribution in [3.8, 4) is 5.75 Å². The molecule has 0 saturated carbocycles. The molecule has 1 aromatic heterocycles. The van der Waals surface area contributed by atoms with Gasteiger partial charge in [0.2, 0.25) is 0 Å². The second kappa shape index (κ2) is 7.78. The molecule has 0 atom stereocenters. The predicted octanol–water partition coefficient (Wildman–Crippen LogP) is 3.99. The van der Waals surface area contributed by atoms with Gasteiger partial charge in [-0.25, -0.2) is 4.98 Å². The summed E-state index contributed by atoms with van der Waals surface area (Å²) in [5, 5.41) is 2.55. The lowest BCUT2D eigenvalue weighted by Gasteiger charge is -2.14. The Kier molecular flexibility index (Phi) is 5.75. The molecule has 0 bridgehead atoms. The first-order chi connectivity index (χ1) is 10.2. The zero-order valence-corrected chi connectivity index (χ0v) is 13.2. The van der Waals surface area contributed by atoms with Crippen LogP contribution in [-0.4, -0.2) is 24.5 Å². The summed E-state index contributed by atoms with van der Waals surface area (Å²) in [6.07, 6.45) is 5.11. The molecule has 0 unspecified atom stereocenters. The Morgan fingerprint density at radius 2 is 2.05 bits per heavy atom. The average Bonchev–Trinajstić information content (AvgIpc) is 3.05. The second-order valence-corrected chi connectivity index (χ2v) is 5.63. The SMILES string of the molecule is CCCCCOc1ccc(C(=O)N(C)c2nccs2)cc1. The van der Waals surface area contributed by atoms with Crippen molar-refractivity contribution in [2.24, 2.45) is 0 Å². The number of aromatic nitrogens is 1. The van der Waals surface area contributed by atoms with Crippen LogP contribution in [0.25, 0.3) is 0 Å². The van der Waals surface area contributed by atoms with Gasteiger partial charge in [0, 0.05) is 24.2 Å². The summed E-state index contributed by atoms with van der Waals surface area (Å²) in [6.45, 7) is 2.89. The first kappa shape index (κ1) is 15.5. The quantitative estimate of drug-likeness (QED) is 0.726. The largest absolute Gasteiger partial charge is 0.494 e. The van der Waals surface area contributed by atoms with E-state index in [1.807, 2.05) is 17.5 Å². The lowest BCUT2D eigenvalue weighted by atomic mass is 10.2. The molecule has 21 heavy (non-hydrogen) atoms. The van der Waals surface area contributed by atoms with Crippen molar-refractivity contribution in [2.75, 3.05) is 18.6 Å². The summed E-state index contributed by atoms with van der Waals surface area (Å²) >= 11 is 1.44. The molecule has 1 heterocycles. The first-order valence-electron chi connectivity index (χ1n) is 7.12. The molecule has 0 aliphatic carbocycles. The van der Waals surface area contributed by atoms with Crippen LogP contribution < -0.4 is 9.64 Å². The van der Waals surface area contributed by atoms with Gasteiger partial charge in [0.05, 0.1) is 6.61 Å². The van der Waals surface area contributed by atoms with Crippen LogP contribution >= 0.6 is 11.3 Å². The standard InChI is InChI=1S/C16H20N2O2S/c1-3-4-5-11-20-14-8-6-13(7-9-14)15(19)18(2)16-17-10-12-21-16/h6-10,12H,3-5,11H2,1-2H3. The fourth-order valence-corrected chi connectivity index (χ4v) is 2.50. The van der Waals surface area contributed by atoms with E-state index in [2.05, 4.69) is 11.9 Å². The number of hydrogen-bond acceptors (Lipinski definition) is 4. The van der Waals surface area contributed by atoms with Crippen molar-refractivity contribution in [2.45, 2.75) is 26.2 Å². The maximum absolute atomic E-state index is 12.3. The summed E-state index contributed by atoms with van der Waals surface area (Å²) in [5.74, 6) is 0.738. The van der Waals surface area contributed by atoms with Crippen molar-refractivity contribution >= 4 is 22.4 Å². The Morgan fingerprint density at radius 1 is 1.29 bits per heavy atom. The third kappa shape index (κ3) is 4.29. The molecule has 2 rings (SSSR count).